The molecule has 2 heteroatoms. The van der Waals surface area contributed by atoms with E-state index in [-0.39, 0.29) is 0 Å². The van der Waals surface area contributed by atoms with Crippen LogP contribution in [-0.2, 0) is 4.84 Å². The normalized spacial score (nSPS) is 19.3. The Balaban J connectivity index is 1.88. The molecule has 1 aliphatic rings. The fourth-order valence-corrected chi connectivity index (χ4v) is 2.23. The Morgan fingerprint density at radius 1 is 1.20 bits per heavy atom. The largest absolute Gasteiger partial charge is 0.299 e. The Kier molecular flexibility index (Phi) is 3.75. The van der Waals surface area contributed by atoms with E-state index in [1.807, 2.05) is 6.92 Å². The molecular formula is C13H19NO. The molecule has 0 spiro atoms. The van der Waals surface area contributed by atoms with E-state index >= 15 is 0 Å². The molecule has 0 bridgehead atoms. The van der Waals surface area contributed by atoms with Gasteiger partial charge < -0.3 is 0 Å². The summed E-state index contributed by atoms with van der Waals surface area (Å²) in [6.07, 6.45) is 2.42. The summed E-state index contributed by atoms with van der Waals surface area (Å²) in [5, 5.41) is 2.10. The van der Waals surface area contributed by atoms with Gasteiger partial charge >= 0.3 is 0 Å². The van der Waals surface area contributed by atoms with Crippen molar-refractivity contribution in [2.24, 2.45) is 0 Å². The Morgan fingerprint density at radius 3 is 2.47 bits per heavy atom. The molecule has 15 heavy (non-hydrogen) atoms. The number of hydroxylamine groups is 2. The first-order valence-corrected chi connectivity index (χ1v) is 5.83. The highest BCUT2D eigenvalue weighted by molar-refractivity contribution is 5.19. The second-order valence-electron chi connectivity index (χ2n) is 4.03. The summed E-state index contributed by atoms with van der Waals surface area (Å²) >= 11 is 0. The Morgan fingerprint density at radius 2 is 1.87 bits per heavy atom. The highest BCUT2D eigenvalue weighted by Gasteiger charge is 2.20. The van der Waals surface area contributed by atoms with Crippen molar-refractivity contribution >= 4 is 0 Å². The molecule has 0 N–H and O–H groups in total. The van der Waals surface area contributed by atoms with Crippen LogP contribution in [0.25, 0.3) is 0 Å². The van der Waals surface area contributed by atoms with E-state index in [1.54, 1.807) is 0 Å². The van der Waals surface area contributed by atoms with E-state index in [0.717, 1.165) is 25.6 Å². The van der Waals surface area contributed by atoms with Gasteiger partial charge in [-0.15, -0.1) is 0 Å². The summed E-state index contributed by atoms with van der Waals surface area (Å²) < 4.78 is 0. The number of hydrogen-bond acceptors (Lipinski definition) is 2. The predicted molar refractivity (Wildman–Crippen MR) is 61.6 cm³/mol. The van der Waals surface area contributed by atoms with E-state index in [0.29, 0.717) is 0 Å². The molecule has 0 unspecified atom stereocenters. The van der Waals surface area contributed by atoms with Crippen molar-refractivity contribution in [2.75, 3.05) is 19.7 Å². The molecule has 0 amide bonds. The van der Waals surface area contributed by atoms with Gasteiger partial charge in [0.2, 0.25) is 0 Å². The maximum Gasteiger partial charge on any atom is 0.0656 e. The van der Waals surface area contributed by atoms with Crippen LogP contribution in [0.4, 0.5) is 0 Å². The van der Waals surface area contributed by atoms with Gasteiger partial charge in [-0.3, -0.25) is 4.84 Å². The smallest absolute Gasteiger partial charge is 0.0656 e. The number of piperidine rings is 1. The van der Waals surface area contributed by atoms with Crippen molar-refractivity contribution < 1.29 is 4.84 Å². The van der Waals surface area contributed by atoms with Gasteiger partial charge in [-0.2, -0.15) is 5.06 Å². The summed E-state index contributed by atoms with van der Waals surface area (Å²) in [5.74, 6) is 0.725. The minimum absolute atomic E-state index is 0.725. The average molecular weight is 205 g/mol. The Bertz CT molecular complexity index is 278. The molecule has 2 nitrogen and oxygen atoms in total. The number of nitrogens with zero attached hydrogens (tertiary/aromatic N) is 1. The first-order valence-electron chi connectivity index (χ1n) is 5.83. The summed E-state index contributed by atoms with van der Waals surface area (Å²) in [4.78, 5) is 5.50. The van der Waals surface area contributed by atoms with E-state index in [2.05, 4.69) is 35.4 Å². The third-order valence-corrected chi connectivity index (χ3v) is 3.04. The lowest BCUT2D eigenvalue weighted by Crippen LogP contribution is -2.32. The summed E-state index contributed by atoms with van der Waals surface area (Å²) in [7, 11) is 0. The van der Waals surface area contributed by atoms with Crippen LogP contribution in [0.2, 0.25) is 0 Å². The number of rotatable bonds is 3. The van der Waals surface area contributed by atoms with Crippen LogP contribution in [0.5, 0.6) is 0 Å². The molecule has 0 saturated carbocycles. The van der Waals surface area contributed by atoms with Crippen molar-refractivity contribution in [1.82, 2.24) is 5.06 Å². The first-order chi connectivity index (χ1) is 7.40. The van der Waals surface area contributed by atoms with Crippen molar-refractivity contribution in [3.8, 4) is 0 Å². The van der Waals surface area contributed by atoms with E-state index in [1.165, 1.54) is 18.4 Å². The predicted octanol–water partition coefficient (Wildman–Crippen LogP) is 2.82. The lowest BCUT2D eigenvalue weighted by atomic mass is 9.90. The highest BCUT2D eigenvalue weighted by atomic mass is 16.7. The number of hydrogen-bond donors (Lipinski definition) is 0. The van der Waals surface area contributed by atoms with Gasteiger partial charge in [0.05, 0.1) is 6.61 Å². The molecular weight excluding hydrogens is 186 g/mol. The van der Waals surface area contributed by atoms with Gasteiger partial charge in [-0.05, 0) is 31.2 Å². The summed E-state index contributed by atoms with van der Waals surface area (Å²) in [5.41, 5.74) is 1.48. The third kappa shape index (κ3) is 2.80. The molecule has 1 aromatic rings. The standard InChI is InChI=1S/C13H19NO/c1-2-15-14-10-8-13(9-11-14)12-6-4-3-5-7-12/h3-7,13H,2,8-11H2,1H3. The summed E-state index contributed by atoms with van der Waals surface area (Å²) in [6.45, 7) is 4.96. The quantitative estimate of drug-likeness (QED) is 0.752. The highest BCUT2D eigenvalue weighted by Crippen LogP contribution is 2.27. The second kappa shape index (κ2) is 5.29. The van der Waals surface area contributed by atoms with E-state index < -0.39 is 0 Å². The molecule has 1 saturated heterocycles. The summed E-state index contributed by atoms with van der Waals surface area (Å²) in [6, 6.07) is 10.8. The topological polar surface area (TPSA) is 12.5 Å². The van der Waals surface area contributed by atoms with Crippen LogP contribution >= 0.6 is 0 Å². The van der Waals surface area contributed by atoms with Crippen molar-refractivity contribution in [3.63, 3.8) is 0 Å². The Labute approximate surface area is 91.8 Å². The zero-order chi connectivity index (χ0) is 10.5. The van der Waals surface area contributed by atoms with Crippen LogP contribution < -0.4 is 0 Å². The maximum absolute atomic E-state index is 5.50. The molecule has 1 aliphatic heterocycles. The van der Waals surface area contributed by atoms with Crippen molar-refractivity contribution in [1.29, 1.82) is 0 Å². The van der Waals surface area contributed by atoms with Crippen molar-refractivity contribution in [3.05, 3.63) is 35.9 Å². The monoisotopic (exact) mass is 205 g/mol. The van der Waals surface area contributed by atoms with Gasteiger partial charge in [-0.25, -0.2) is 0 Å². The molecule has 1 heterocycles. The molecule has 0 radical (unpaired) electrons. The van der Waals surface area contributed by atoms with Gasteiger partial charge in [-0.1, -0.05) is 30.3 Å². The SMILES string of the molecule is CCON1CCC(c2ccccc2)CC1. The van der Waals surface area contributed by atoms with Crippen molar-refractivity contribution in [2.45, 2.75) is 25.7 Å². The van der Waals surface area contributed by atoms with Gasteiger partial charge in [0, 0.05) is 13.1 Å². The van der Waals surface area contributed by atoms with E-state index in [9.17, 15) is 0 Å². The molecule has 0 aromatic heterocycles. The zero-order valence-electron chi connectivity index (χ0n) is 9.36. The minimum Gasteiger partial charge on any atom is -0.299 e. The van der Waals surface area contributed by atoms with E-state index in [4.69, 9.17) is 4.84 Å². The molecule has 2 rings (SSSR count). The molecule has 82 valence electrons. The van der Waals surface area contributed by atoms with Crippen LogP contribution in [0, 0.1) is 0 Å². The fraction of sp³-hybridized carbons (Fsp3) is 0.538. The molecule has 0 aliphatic carbocycles. The first kappa shape index (κ1) is 10.7. The Hall–Kier alpha value is -0.860. The van der Waals surface area contributed by atoms with Crippen LogP contribution in [0.3, 0.4) is 0 Å². The zero-order valence-corrected chi connectivity index (χ0v) is 9.36. The molecule has 0 atom stereocenters. The maximum atomic E-state index is 5.50. The van der Waals surface area contributed by atoms with Gasteiger partial charge in [0.25, 0.3) is 0 Å². The molecule has 1 aromatic carbocycles. The third-order valence-electron chi connectivity index (χ3n) is 3.04. The lowest BCUT2D eigenvalue weighted by Gasteiger charge is -2.30. The van der Waals surface area contributed by atoms with Gasteiger partial charge in [0.1, 0.15) is 0 Å². The minimum atomic E-state index is 0.725. The van der Waals surface area contributed by atoms with Crippen LogP contribution in [0.15, 0.2) is 30.3 Å². The lowest BCUT2D eigenvalue weighted by molar-refractivity contribution is -0.166. The molecule has 1 fully saturated rings. The number of benzene rings is 1. The van der Waals surface area contributed by atoms with Gasteiger partial charge in [0.15, 0.2) is 0 Å². The van der Waals surface area contributed by atoms with Crippen LogP contribution in [0.1, 0.15) is 31.2 Å². The second-order valence-corrected chi connectivity index (χ2v) is 4.03. The van der Waals surface area contributed by atoms with Crippen LogP contribution in [-0.4, -0.2) is 24.8 Å². The average Bonchev–Trinajstić information content (AvgIpc) is 2.32. The fourth-order valence-electron chi connectivity index (χ4n) is 2.23.